The second-order valence-electron chi connectivity index (χ2n) is 6.49. The van der Waals surface area contributed by atoms with Crippen LogP contribution >= 0.6 is 22.9 Å². The molecule has 0 radical (unpaired) electrons. The van der Waals surface area contributed by atoms with Crippen molar-refractivity contribution >= 4 is 40.5 Å². The Kier molecular flexibility index (Phi) is 6.46. The Hall–Kier alpha value is -2.25. The Balaban J connectivity index is 1.67. The Morgan fingerprint density at radius 3 is 2.50 bits per heavy atom. The van der Waals surface area contributed by atoms with Crippen LogP contribution in [0.15, 0.2) is 18.2 Å². The molecule has 150 valence electrons. The van der Waals surface area contributed by atoms with Crippen LogP contribution in [-0.2, 0) is 22.4 Å². The van der Waals surface area contributed by atoms with Gasteiger partial charge in [-0.15, -0.1) is 11.3 Å². The minimum atomic E-state index is -0.975. The maximum atomic E-state index is 12.5. The first-order chi connectivity index (χ1) is 13.4. The van der Waals surface area contributed by atoms with Gasteiger partial charge in [-0.05, 0) is 50.3 Å². The molecule has 1 aromatic heterocycles. The summed E-state index contributed by atoms with van der Waals surface area (Å²) in [6, 6.07) is 4.99. The van der Waals surface area contributed by atoms with Crippen LogP contribution in [0.1, 0.15) is 39.9 Å². The molecule has 1 N–H and O–H groups in total. The maximum Gasteiger partial charge on any atom is 0.349 e. The monoisotopic (exact) mass is 423 g/mol. The Labute approximate surface area is 172 Å². The fraction of sp³-hybridized carbons (Fsp3) is 0.400. The fourth-order valence-corrected chi connectivity index (χ4v) is 4.43. The van der Waals surface area contributed by atoms with Gasteiger partial charge in [0.15, 0.2) is 6.10 Å². The van der Waals surface area contributed by atoms with Gasteiger partial charge in [-0.25, -0.2) is 4.79 Å². The normalized spacial score (nSPS) is 14.0. The van der Waals surface area contributed by atoms with Crippen LogP contribution in [0.2, 0.25) is 5.02 Å². The van der Waals surface area contributed by atoms with Gasteiger partial charge in [0, 0.05) is 10.9 Å². The molecule has 0 bridgehead atoms. The number of halogens is 1. The van der Waals surface area contributed by atoms with Gasteiger partial charge in [0.05, 0.1) is 24.9 Å². The van der Waals surface area contributed by atoms with Crippen molar-refractivity contribution in [3.05, 3.63) is 38.5 Å². The molecule has 0 saturated carbocycles. The smallest absolute Gasteiger partial charge is 0.349 e. The molecule has 1 atom stereocenters. The number of benzene rings is 1. The number of anilines is 1. The lowest BCUT2D eigenvalue weighted by molar-refractivity contribution is -0.123. The number of hydrogen-bond acceptors (Lipinski definition) is 6. The van der Waals surface area contributed by atoms with Crippen LogP contribution in [0.3, 0.4) is 0 Å². The standard InChI is InChI=1S/C20H22ClNO5S/c1-11(27-20(24)18-8-12-6-4-5-7-17(12)28-18)19(23)22-14-9-13(21)15(25-2)10-16(14)26-3/h8-11H,4-7H2,1-3H3,(H,22,23). The number of thiophene rings is 1. The SMILES string of the molecule is COc1cc(OC)c(NC(=O)C(C)OC(=O)c2cc3c(s2)CCCC3)cc1Cl. The van der Waals surface area contributed by atoms with Crippen molar-refractivity contribution in [1.29, 1.82) is 0 Å². The van der Waals surface area contributed by atoms with Crippen LogP contribution in [0.25, 0.3) is 0 Å². The lowest BCUT2D eigenvalue weighted by atomic mass is 9.99. The van der Waals surface area contributed by atoms with E-state index in [-0.39, 0.29) is 0 Å². The highest BCUT2D eigenvalue weighted by atomic mass is 35.5. The van der Waals surface area contributed by atoms with Gasteiger partial charge < -0.3 is 19.5 Å². The number of carbonyl (C=O) groups is 2. The summed E-state index contributed by atoms with van der Waals surface area (Å²) in [5.74, 6) is -0.146. The number of nitrogens with one attached hydrogen (secondary N) is 1. The van der Waals surface area contributed by atoms with E-state index in [9.17, 15) is 9.59 Å². The van der Waals surface area contributed by atoms with E-state index in [1.165, 1.54) is 49.0 Å². The van der Waals surface area contributed by atoms with Crippen molar-refractivity contribution in [1.82, 2.24) is 0 Å². The third-order valence-corrected chi connectivity index (χ3v) is 6.10. The van der Waals surface area contributed by atoms with Gasteiger partial charge in [-0.3, -0.25) is 4.79 Å². The minimum absolute atomic E-state index is 0.326. The van der Waals surface area contributed by atoms with E-state index in [1.54, 1.807) is 6.07 Å². The van der Waals surface area contributed by atoms with Gasteiger partial charge in [0.2, 0.25) is 0 Å². The van der Waals surface area contributed by atoms with E-state index in [2.05, 4.69) is 5.32 Å². The van der Waals surface area contributed by atoms with Gasteiger partial charge in [0.25, 0.3) is 5.91 Å². The summed E-state index contributed by atoms with van der Waals surface area (Å²) in [4.78, 5) is 26.7. The van der Waals surface area contributed by atoms with E-state index >= 15 is 0 Å². The molecule has 0 saturated heterocycles. The minimum Gasteiger partial charge on any atom is -0.495 e. The van der Waals surface area contributed by atoms with Crippen molar-refractivity contribution in [2.24, 2.45) is 0 Å². The van der Waals surface area contributed by atoms with Crippen molar-refractivity contribution in [2.75, 3.05) is 19.5 Å². The quantitative estimate of drug-likeness (QED) is 0.693. The van der Waals surface area contributed by atoms with E-state index in [4.69, 9.17) is 25.8 Å². The predicted molar refractivity (Wildman–Crippen MR) is 109 cm³/mol. The van der Waals surface area contributed by atoms with Crippen molar-refractivity contribution < 1.29 is 23.8 Å². The molecule has 0 aliphatic heterocycles. The Morgan fingerprint density at radius 1 is 1.11 bits per heavy atom. The molecule has 1 amide bonds. The lowest BCUT2D eigenvalue weighted by Crippen LogP contribution is -2.30. The topological polar surface area (TPSA) is 73.9 Å². The van der Waals surface area contributed by atoms with Crippen molar-refractivity contribution in [3.8, 4) is 11.5 Å². The van der Waals surface area contributed by atoms with Crippen LogP contribution < -0.4 is 14.8 Å². The summed E-state index contributed by atoms with van der Waals surface area (Å²) in [7, 11) is 2.96. The van der Waals surface area contributed by atoms with Gasteiger partial charge in [-0.2, -0.15) is 0 Å². The number of carbonyl (C=O) groups excluding carboxylic acids is 2. The number of methoxy groups -OCH3 is 2. The molecular formula is C20H22ClNO5S. The van der Waals surface area contributed by atoms with Crippen LogP contribution in [0.5, 0.6) is 11.5 Å². The Morgan fingerprint density at radius 2 is 1.82 bits per heavy atom. The third kappa shape index (κ3) is 4.42. The van der Waals surface area contributed by atoms with Crippen molar-refractivity contribution in [3.63, 3.8) is 0 Å². The third-order valence-electron chi connectivity index (χ3n) is 4.58. The molecule has 0 fully saturated rings. The molecule has 1 heterocycles. The van der Waals surface area contributed by atoms with Crippen LogP contribution in [-0.4, -0.2) is 32.2 Å². The number of esters is 1. The van der Waals surface area contributed by atoms with Gasteiger partial charge in [0.1, 0.15) is 16.4 Å². The second kappa shape index (κ2) is 8.84. The first-order valence-electron chi connectivity index (χ1n) is 8.98. The molecule has 3 rings (SSSR count). The largest absolute Gasteiger partial charge is 0.495 e. The molecular weight excluding hydrogens is 402 g/mol. The van der Waals surface area contributed by atoms with Crippen LogP contribution in [0.4, 0.5) is 5.69 Å². The molecule has 0 spiro atoms. The number of fused-ring (bicyclic) bond motifs is 1. The van der Waals surface area contributed by atoms with E-state index in [1.807, 2.05) is 6.07 Å². The molecule has 1 aromatic carbocycles. The zero-order valence-electron chi connectivity index (χ0n) is 16.0. The van der Waals surface area contributed by atoms with Crippen molar-refractivity contribution in [2.45, 2.75) is 38.7 Å². The fourth-order valence-electron chi connectivity index (χ4n) is 3.06. The molecule has 2 aromatic rings. The first kappa shape index (κ1) is 20.5. The Bertz CT molecular complexity index is 871. The van der Waals surface area contributed by atoms with E-state index in [0.29, 0.717) is 27.1 Å². The highest BCUT2D eigenvalue weighted by Crippen LogP contribution is 2.36. The summed E-state index contributed by atoms with van der Waals surface area (Å²) in [5.41, 5.74) is 1.59. The molecule has 1 aliphatic rings. The van der Waals surface area contributed by atoms with E-state index in [0.717, 1.165) is 25.7 Å². The summed E-state index contributed by atoms with van der Waals surface area (Å²) in [5, 5.41) is 3.01. The number of amides is 1. The van der Waals surface area contributed by atoms with E-state index < -0.39 is 18.0 Å². The summed E-state index contributed by atoms with van der Waals surface area (Å²) in [6.45, 7) is 1.53. The number of ether oxygens (including phenoxy) is 3. The average Bonchev–Trinajstić information content (AvgIpc) is 3.12. The number of hydrogen-bond donors (Lipinski definition) is 1. The molecule has 6 nitrogen and oxygen atoms in total. The zero-order valence-corrected chi connectivity index (χ0v) is 17.5. The highest BCUT2D eigenvalue weighted by molar-refractivity contribution is 7.14. The molecule has 28 heavy (non-hydrogen) atoms. The first-order valence-corrected chi connectivity index (χ1v) is 10.2. The average molecular weight is 424 g/mol. The van der Waals surface area contributed by atoms with Gasteiger partial charge >= 0.3 is 5.97 Å². The second-order valence-corrected chi connectivity index (χ2v) is 8.03. The predicted octanol–water partition coefficient (Wildman–Crippen LogP) is 4.48. The van der Waals surface area contributed by atoms with Gasteiger partial charge in [-0.1, -0.05) is 11.6 Å². The van der Waals surface area contributed by atoms with Crippen LogP contribution in [0, 0.1) is 0 Å². The summed E-state index contributed by atoms with van der Waals surface area (Å²) >= 11 is 7.58. The molecule has 1 aliphatic carbocycles. The summed E-state index contributed by atoms with van der Waals surface area (Å²) in [6.07, 6.45) is 3.31. The number of rotatable bonds is 6. The lowest BCUT2D eigenvalue weighted by Gasteiger charge is -2.16. The number of aryl methyl sites for hydroxylation is 2. The molecule has 8 heteroatoms. The maximum absolute atomic E-state index is 12.5. The summed E-state index contributed by atoms with van der Waals surface area (Å²) < 4.78 is 15.8. The zero-order chi connectivity index (χ0) is 20.3. The highest BCUT2D eigenvalue weighted by Gasteiger charge is 2.24. The molecule has 1 unspecified atom stereocenters.